The number of halogens is 2. The molecular formula is C12H17BrFNO. The van der Waals surface area contributed by atoms with E-state index in [4.69, 9.17) is 5.73 Å². The fraction of sp³-hybridized carbons (Fsp3) is 0.500. The minimum Gasteiger partial charge on any atom is -0.393 e. The summed E-state index contributed by atoms with van der Waals surface area (Å²) >= 11 is 3.25. The van der Waals surface area contributed by atoms with Gasteiger partial charge in [0.15, 0.2) is 0 Å². The number of hydrogen-bond donors (Lipinski definition) is 2. The van der Waals surface area contributed by atoms with Crippen LogP contribution in [-0.2, 0) is 6.42 Å². The minimum atomic E-state index is -0.528. The van der Waals surface area contributed by atoms with Crippen LogP contribution < -0.4 is 5.73 Å². The molecule has 0 radical (unpaired) electrons. The Morgan fingerprint density at radius 3 is 2.56 bits per heavy atom. The molecule has 4 heteroatoms. The average molecular weight is 290 g/mol. The number of rotatable bonds is 4. The van der Waals surface area contributed by atoms with Gasteiger partial charge in [0, 0.05) is 16.4 Å². The fourth-order valence-electron chi connectivity index (χ4n) is 1.57. The molecule has 0 saturated heterocycles. The molecule has 0 heterocycles. The van der Waals surface area contributed by atoms with Gasteiger partial charge in [0.05, 0.1) is 6.10 Å². The van der Waals surface area contributed by atoms with Crippen LogP contribution in [0.4, 0.5) is 4.39 Å². The van der Waals surface area contributed by atoms with Gasteiger partial charge in [-0.25, -0.2) is 4.39 Å². The fourth-order valence-corrected chi connectivity index (χ4v) is 2.08. The Balaban J connectivity index is 2.94. The first kappa shape index (κ1) is 13.6. The summed E-state index contributed by atoms with van der Waals surface area (Å²) in [5, 5.41) is 9.69. The largest absolute Gasteiger partial charge is 0.393 e. The summed E-state index contributed by atoms with van der Waals surface area (Å²) in [6.07, 6.45) is 0.0249. The molecule has 2 atom stereocenters. The van der Waals surface area contributed by atoms with Crippen molar-refractivity contribution in [1.29, 1.82) is 0 Å². The standard InChI is InChI=1S/C12H17BrFNO/c1-8(16)12(2,7-15)6-9-3-10(13)5-11(14)4-9/h3-5,8,16H,6-7,15H2,1-2H3. The molecule has 0 saturated carbocycles. The summed E-state index contributed by atoms with van der Waals surface area (Å²) in [6.45, 7) is 3.97. The molecule has 0 aromatic heterocycles. The summed E-state index contributed by atoms with van der Waals surface area (Å²) in [4.78, 5) is 0. The van der Waals surface area contributed by atoms with Crippen molar-refractivity contribution in [2.45, 2.75) is 26.4 Å². The number of benzene rings is 1. The first-order chi connectivity index (χ1) is 7.37. The van der Waals surface area contributed by atoms with Crippen LogP contribution in [0.25, 0.3) is 0 Å². The Kier molecular flexibility index (Phi) is 4.47. The number of aliphatic hydroxyl groups excluding tert-OH is 1. The van der Waals surface area contributed by atoms with Crippen molar-refractivity contribution in [2.75, 3.05) is 6.54 Å². The minimum absolute atomic E-state index is 0.283. The third kappa shape index (κ3) is 3.27. The van der Waals surface area contributed by atoms with E-state index in [1.165, 1.54) is 12.1 Å². The van der Waals surface area contributed by atoms with Crippen molar-refractivity contribution in [1.82, 2.24) is 0 Å². The third-order valence-corrected chi connectivity index (χ3v) is 3.46. The van der Waals surface area contributed by atoms with E-state index in [9.17, 15) is 9.50 Å². The van der Waals surface area contributed by atoms with Gasteiger partial charge in [-0.1, -0.05) is 22.9 Å². The molecule has 1 aromatic carbocycles. The second-order valence-electron chi connectivity index (χ2n) is 4.49. The van der Waals surface area contributed by atoms with Gasteiger partial charge in [0.1, 0.15) is 5.82 Å². The van der Waals surface area contributed by atoms with Gasteiger partial charge in [0.2, 0.25) is 0 Å². The molecule has 0 bridgehead atoms. The van der Waals surface area contributed by atoms with Crippen molar-refractivity contribution in [2.24, 2.45) is 11.1 Å². The van der Waals surface area contributed by atoms with Gasteiger partial charge in [0.25, 0.3) is 0 Å². The van der Waals surface area contributed by atoms with Gasteiger partial charge in [-0.05, 0) is 37.1 Å². The van der Waals surface area contributed by atoms with E-state index in [0.29, 0.717) is 17.4 Å². The molecule has 0 aliphatic carbocycles. The smallest absolute Gasteiger partial charge is 0.124 e. The van der Waals surface area contributed by atoms with Crippen molar-refractivity contribution < 1.29 is 9.50 Å². The number of hydrogen-bond acceptors (Lipinski definition) is 2. The maximum Gasteiger partial charge on any atom is 0.124 e. The zero-order valence-corrected chi connectivity index (χ0v) is 11.1. The molecule has 0 aliphatic rings. The molecule has 0 fully saturated rings. The predicted octanol–water partition coefficient (Wildman–Crippen LogP) is 2.48. The van der Waals surface area contributed by atoms with Crippen LogP contribution >= 0.6 is 15.9 Å². The molecule has 3 N–H and O–H groups in total. The zero-order valence-electron chi connectivity index (χ0n) is 9.50. The van der Waals surface area contributed by atoms with E-state index in [1.54, 1.807) is 6.92 Å². The average Bonchev–Trinajstić information content (AvgIpc) is 2.15. The van der Waals surface area contributed by atoms with Gasteiger partial charge in [-0.15, -0.1) is 0 Å². The van der Waals surface area contributed by atoms with Crippen molar-refractivity contribution in [3.05, 3.63) is 34.1 Å². The van der Waals surface area contributed by atoms with E-state index in [-0.39, 0.29) is 5.82 Å². The molecule has 16 heavy (non-hydrogen) atoms. The molecular weight excluding hydrogens is 273 g/mol. The molecule has 2 unspecified atom stereocenters. The lowest BCUT2D eigenvalue weighted by Crippen LogP contribution is -2.39. The second-order valence-corrected chi connectivity index (χ2v) is 5.40. The van der Waals surface area contributed by atoms with E-state index < -0.39 is 11.5 Å². The topological polar surface area (TPSA) is 46.2 Å². The van der Waals surface area contributed by atoms with Crippen LogP contribution in [0.1, 0.15) is 19.4 Å². The van der Waals surface area contributed by atoms with Gasteiger partial charge in [-0.3, -0.25) is 0 Å². The summed E-state index contributed by atoms with van der Waals surface area (Å²) in [6, 6.07) is 4.73. The summed E-state index contributed by atoms with van der Waals surface area (Å²) < 4.78 is 13.9. The van der Waals surface area contributed by atoms with Crippen molar-refractivity contribution >= 4 is 15.9 Å². The van der Waals surface area contributed by atoms with Crippen LogP contribution in [0, 0.1) is 11.2 Å². The molecule has 1 aromatic rings. The number of aliphatic hydroxyl groups is 1. The molecule has 1 rings (SSSR count). The monoisotopic (exact) mass is 289 g/mol. The number of nitrogens with two attached hydrogens (primary N) is 1. The summed E-state index contributed by atoms with van der Waals surface area (Å²) in [5.74, 6) is -0.283. The first-order valence-corrected chi connectivity index (χ1v) is 6.00. The van der Waals surface area contributed by atoms with Crippen LogP contribution in [0.2, 0.25) is 0 Å². The highest BCUT2D eigenvalue weighted by atomic mass is 79.9. The third-order valence-electron chi connectivity index (χ3n) is 3.01. The summed E-state index contributed by atoms with van der Waals surface area (Å²) in [5.41, 5.74) is 6.08. The van der Waals surface area contributed by atoms with Gasteiger partial charge < -0.3 is 10.8 Å². The Hall–Kier alpha value is -0.450. The molecule has 90 valence electrons. The molecule has 0 spiro atoms. The van der Waals surface area contributed by atoms with Crippen LogP contribution in [-0.4, -0.2) is 17.8 Å². The molecule has 0 aliphatic heterocycles. The SMILES string of the molecule is CC(O)C(C)(CN)Cc1cc(F)cc(Br)c1. The summed E-state index contributed by atoms with van der Waals surface area (Å²) in [7, 11) is 0. The van der Waals surface area contributed by atoms with Crippen LogP contribution in [0.15, 0.2) is 22.7 Å². The maximum atomic E-state index is 13.2. The van der Waals surface area contributed by atoms with Crippen LogP contribution in [0.3, 0.4) is 0 Å². The maximum absolute atomic E-state index is 13.2. The Bertz CT molecular complexity index is 350. The Labute approximate surface area is 104 Å². The van der Waals surface area contributed by atoms with E-state index >= 15 is 0 Å². The van der Waals surface area contributed by atoms with E-state index in [0.717, 1.165) is 5.56 Å². The predicted molar refractivity (Wildman–Crippen MR) is 66.6 cm³/mol. The zero-order chi connectivity index (χ0) is 12.3. The lowest BCUT2D eigenvalue weighted by atomic mass is 9.79. The first-order valence-electron chi connectivity index (χ1n) is 5.20. The highest BCUT2D eigenvalue weighted by Gasteiger charge is 2.28. The van der Waals surface area contributed by atoms with Crippen molar-refractivity contribution in [3.8, 4) is 0 Å². The van der Waals surface area contributed by atoms with Crippen LogP contribution in [0.5, 0.6) is 0 Å². The molecule has 2 nitrogen and oxygen atoms in total. The van der Waals surface area contributed by atoms with E-state index in [2.05, 4.69) is 15.9 Å². The normalized spacial score (nSPS) is 16.9. The van der Waals surface area contributed by atoms with Gasteiger partial charge in [-0.2, -0.15) is 0 Å². The second kappa shape index (κ2) is 5.25. The van der Waals surface area contributed by atoms with E-state index in [1.807, 2.05) is 13.0 Å². The lowest BCUT2D eigenvalue weighted by molar-refractivity contribution is 0.0588. The Morgan fingerprint density at radius 1 is 1.50 bits per heavy atom. The van der Waals surface area contributed by atoms with Crippen molar-refractivity contribution in [3.63, 3.8) is 0 Å². The molecule has 0 amide bonds. The highest BCUT2D eigenvalue weighted by molar-refractivity contribution is 9.10. The highest BCUT2D eigenvalue weighted by Crippen LogP contribution is 2.27. The lowest BCUT2D eigenvalue weighted by Gasteiger charge is -2.31. The van der Waals surface area contributed by atoms with Gasteiger partial charge >= 0.3 is 0 Å². The quantitative estimate of drug-likeness (QED) is 0.895. The Morgan fingerprint density at radius 2 is 2.12 bits per heavy atom.